The van der Waals surface area contributed by atoms with Gasteiger partial charge in [0.2, 0.25) is 5.91 Å². The van der Waals surface area contributed by atoms with Crippen LogP contribution in [0, 0.1) is 5.41 Å². The van der Waals surface area contributed by atoms with Gasteiger partial charge >= 0.3 is 0 Å². The lowest BCUT2D eigenvalue weighted by atomic mass is 9.85. The van der Waals surface area contributed by atoms with Gasteiger partial charge in [0.05, 0.1) is 5.41 Å². The second-order valence-corrected chi connectivity index (χ2v) is 6.28. The Morgan fingerprint density at radius 2 is 1.88 bits per heavy atom. The molecule has 0 unspecified atom stereocenters. The van der Waals surface area contributed by atoms with Crippen LogP contribution in [-0.4, -0.2) is 30.0 Å². The molecule has 0 spiro atoms. The number of amides is 1. The van der Waals surface area contributed by atoms with E-state index in [2.05, 4.69) is 5.32 Å². The SMILES string of the molecule is Cl.NCC1(C(=O)NC2CCSCC2)CCCC1. The molecule has 2 aliphatic rings. The highest BCUT2D eigenvalue weighted by atomic mass is 35.5. The van der Waals surface area contributed by atoms with Crippen molar-refractivity contribution in [2.75, 3.05) is 18.1 Å². The topological polar surface area (TPSA) is 55.1 Å². The van der Waals surface area contributed by atoms with Crippen molar-refractivity contribution in [3.63, 3.8) is 0 Å². The Morgan fingerprint density at radius 1 is 1.29 bits per heavy atom. The molecular formula is C12H23ClN2OS. The fourth-order valence-electron chi connectivity index (χ4n) is 2.76. The minimum Gasteiger partial charge on any atom is -0.353 e. The summed E-state index contributed by atoms with van der Waals surface area (Å²) in [6.45, 7) is 0.514. The van der Waals surface area contributed by atoms with Gasteiger partial charge in [-0.3, -0.25) is 4.79 Å². The van der Waals surface area contributed by atoms with Crippen LogP contribution in [0.4, 0.5) is 0 Å². The van der Waals surface area contributed by atoms with E-state index < -0.39 is 0 Å². The molecule has 3 N–H and O–H groups in total. The molecule has 0 bridgehead atoms. The number of nitrogens with one attached hydrogen (secondary N) is 1. The molecule has 1 saturated heterocycles. The van der Waals surface area contributed by atoms with Crippen LogP contribution in [0.3, 0.4) is 0 Å². The summed E-state index contributed by atoms with van der Waals surface area (Å²) < 4.78 is 0. The Balaban J connectivity index is 0.00000144. The number of carbonyl (C=O) groups excluding carboxylic acids is 1. The van der Waals surface area contributed by atoms with Gasteiger partial charge in [0.25, 0.3) is 0 Å². The summed E-state index contributed by atoms with van der Waals surface area (Å²) in [5.41, 5.74) is 5.58. The van der Waals surface area contributed by atoms with Crippen LogP contribution in [0.5, 0.6) is 0 Å². The van der Waals surface area contributed by atoms with Crippen LogP contribution in [0.25, 0.3) is 0 Å². The smallest absolute Gasteiger partial charge is 0.227 e. The van der Waals surface area contributed by atoms with E-state index in [0.29, 0.717) is 12.6 Å². The van der Waals surface area contributed by atoms with Crippen LogP contribution in [0.15, 0.2) is 0 Å². The molecule has 0 atom stereocenters. The molecule has 5 heteroatoms. The van der Waals surface area contributed by atoms with Gasteiger partial charge in [-0.05, 0) is 37.2 Å². The summed E-state index contributed by atoms with van der Waals surface area (Å²) >= 11 is 1.99. The van der Waals surface area contributed by atoms with Gasteiger partial charge in [0.15, 0.2) is 0 Å². The van der Waals surface area contributed by atoms with E-state index in [1.807, 2.05) is 11.8 Å². The third-order valence-corrected chi connectivity index (χ3v) is 5.04. The number of nitrogens with two attached hydrogens (primary N) is 1. The predicted molar refractivity (Wildman–Crippen MR) is 75.7 cm³/mol. The Labute approximate surface area is 114 Å². The molecule has 1 saturated carbocycles. The summed E-state index contributed by atoms with van der Waals surface area (Å²) in [5.74, 6) is 2.59. The van der Waals surface area contributed by atoms with Crippen molar-refractivity contribution < 1.29 is 4.79 Å². The van der Waals surface area contributed by atoms with Crippen LogP contribution in [0.1, 0.15) is 38.5 Å². The molecule has 0 aromatic rings. The molecule has 17 heavy (non-hydrogen) atoms. The molecule has 2 rings (SSSR count). The molecule has 0 radical (unpaired) electrons. The third kappa shape index (κ3) is 3.52. The molecular weight excluding hydrogens is 256 g/mol. The Hall–Kier alpha value is 0.0700. The lowest BCUT2D eigenvalue weighted by Crippen LogP contribution is -2.48. The van der Waals surface area contributed by atoms with Crippen LogP contribution < -0.4 is 11.1 Å². The Morgan fingerprint density at radius 3 is 2.41 bits per heavy atom. The normalized spacial score (nSPS) is 24.1. The molecule has 0 aromatic heterocycles. The first kappa shape index (κ1) is 15.1. The van der Waals surface area contributed by atoms with E-state index in [1.165, 1.54) is 11.5 Å². The lowest BCUT2D eigenvalue weighted by Gasteiger charge is -2.30. The van der Waals surface area contributed by atoms with E-state index in [1.54, 1.807) is 0 Å². The molecule has 1 amide bonds. The fraction of sp³-hybridized carbons (Fsp3) is 0.917. The van der Waals surface area contributed by atoms with Crippen molar-refractivity contribution >= 4 is 30.1 Å². The molecule has 1 aliphatic heterocycles. The minimum absolute atomic E-state index is 0. The van der Waals surface area contributed by atoms with Crippen molar-refractivity contribution in [3.8, 4) is 0 Å². The second-order valence-electron chi connectivity index (χ2n) is 5.05. The van der Waals surface area contributed by atoms with Crippen molar-refractivity contribution in [2.24, 2.45) is 11.1 Å². The average Bonchev–Trinajstić information content (AvgIpc) is 2.80. The summed E-state index contributed by atoms with van der Waals surface area (Å²) in [6, 6.07) is 0.401. The number of hydrogen-bond donors (Lipinski definition) is 2. The standard InChI is InChI=1S/C12H22N2OS.ClH/c13-9-12(5-1-2-6-12)11(15)14-10-3-7-16-8-4-10;/h10H,1-9,13H2,(H,14,15);1H. The largest absolute Gasteiger partial charge is 0.353 e. The van der Waals surface area contributed by atoms with Crippen molar-refractivity contribution in [3.05, 3.63) is 0 Å². The van der Waals surface area contributed by atoms with Crippen molar-refractivity contribution in [1.82, 2.24) is 5.32 Å². The van der Waals surface area contributed by atoms with E-state index in [0.717, 1.165) is 38.5 Å². The Bertz CT molecular complexity index is 251. The monoisotopic (exact) mass is 278 g/mol. The average molecular weight is 279 g/mol. The van der Waals surface area contributed by atoms with Crippen LogP contribution >= 0.6 is 24.2 Å². The van der Waals surface area contributed by atoms with E-state index in [9.17, 15) is 4.79 Å². The van der Waals surface area contributed by atoms with Crippen LogP contribution in [-0.2, 0) is 4.79 Å². The number of halogens is 1. The van der Waals surface area contributed by atoms with Gasteiger partial charge < -0.3 is 11.1 Å². The molecule has 100 valence electrons. The first-order valence-electron chi connectivity index (χ1n) is 6.36. The number of rotatable bonds is 3. The van der Waals surface area contributed by atoms with Crippen molar-refractivity contribution in [1.29, 1.82) is 0 Å². The van der Waals surface area contributed by atoms with Gasteiger partial charge in [0.1, 0.15) is 0 Å². The van der Waals surface area contributed by atoms with E-state index >= 15 is 0 Å². The quantitative estimate of drug-likeness (QED) is 0.830. The predicted octanol–water partition coefficient (Wildman–Crippen LogP) is 1.94. The summed E-state index contributed by atoms with van der Waals surface area (Å²) in [4.78, 5) is 12.3. The maximum Gasteiger partial charge on any atom is 0.227 e. The van der Waals surface area contributed by atoms with E-state index in [4.69, 9.17) is 5.73 Å². The second kappa shape index (κ2) is 6.86. The van der Waals surface area contributed by atoms with Gasteiger partial charge in [-0.2, -0.15) is 11.8 Å². The first-order valence-corrected chi connectivity index (χ1v) is 7.51. The molecule has 1 heterocycles. The maximum atomic E-state index is 12.3. The first-order chi connectivity index (χ1) is 7.77. The maximum absolute atomic E-state index is 12.3. The fourth-order valence-corrected chi connectivity index (χ4v) is 3.86. The number of thioether (sulfide) groups is 1. The van der Waals surface area contributed by atoms with Crippen molar-refractivity contribution in [2.45, 2.75) is 44.6 Å². The highest BCUT2D eigenvalue weighted by Gasteiger charge is 2.40. The molecule has 2 fully saturated rings. The molecule has 0 aromatic carbocycles. The third-order valence-electron chi connectivity index (χ3n) is 3.99. The van der Waals surface area contributed by atoms with Gasteiger partial charge in [-0.1, -0.05) is 12.8 Å². The summed E-state index contributed by atoms with van der Waals surface area (Å²) in [5, 5.41) is 3.22. The molecule has 1 aliphatic carbocycles. The van der Waals surface area contributed by atoms with Crippen LogP contribution in [0.2, 0.25) is 0 Å². The highest BCUT2D eigenvalue weighted by molar-refractivity contribution is 7.99. The Kier molecular flexibility index (Phi) is 6.10. The van der Waals surface area contributed by atoms with Gasteiger partial charge in [-0.25, -0.2) is 0 Å². The molecule has 3 nitrogen and oxygen atoms in total. The summed E-state index contributed by atoms with van der Waals surface area (Å²) in [6.07, 6.45) is 6.53. The minimum atomic E-state index is -0.232. The zero-order chi connectivity index (χ0) is 11.4. The zero-order valence-electron chi connectivity index (χ0n) is 10.2. The van der Waals surface area contributed by atoms with Gasteiger partial charge in [0, 0.05) is 12.6 Å². The zero-order valence-corrected chi connectivity index (χ0v) is 11.9. The lowest BCUT2D eigenvalue weighted by molar-refractivity contribution is -0.131. The number of hydrogen-bond acceptors (Lipinski definition) is 3. The highest BCUT2D eigenvalue weighted by Crippen LogP contribution is 2.37. The summed E-state index contributed by atoms with van der Waals surface area (Å²) in [7, 11) is 0. The number of carbonyl (C=O) groups is 1. The van der Waals surface area contributed by atoms with Gasteiger partial charge in [-0.15, -0.1) is 12.4 Å². The van der Waals surface area contributed by atoms with E-state index in [-0.39, 0.29) is 23.7 Å².